The SMILES string of the molecule is CCCCCCCN(C)C(=O)[C@@H]1C[C@H](Oc2nc(-c3ccccc3)nc3cc(OC)ccc23)CC1C(=O)NC(=O)O. The lowest BCUT2D eigenvalue weighted by atomic mass is 9.93. The maximum atomic E-state index is 13.5. The maximum Gasteiger partial charge on any atom is 0.411 e. The fraction of sp³-hybridized carbons (Fsp3) is 0.452. The highest BCUT2D eigenvalue weighted by Crippen LogP contribution is 2.38. The molecular weight excluding hydrogens is 524 g/mol. The summed E-state index contributed by atoms with van der Waals surface area (Å²) in [5.74, 6) is -0.989. The van der Waals surface area contributed by atoms with Crippen molar-refractivity contribution >= 4 is 28.8 Å². The van der Waals surface area contributed by atoms with E-state index in [0.29, 0.717) is 34.9 Å². The number of imide groups is 1. The van der Waals surface area contributed by atoms with Crippen LogP contribution in [0.25, 0.3) is 22.3 Å². The van der Waals surface area contributed by atoms with E-state index < -0.39 is 29.9 Å². The number of rotatable bonds is 12. The average molecular weight is 563 g/mol. The molecule has 3 amide bonds. The van der Waals surface area contributed by atoms with Gasteiger partial charge in [0, 0.05) is 25.2 Å². The van der Waals surface area contributed by atoms with Crippen molar-refractivity contribution in [1.29, 1.82) is 0 Å². The normalized spacial score (nSPS) is 18.2. The van der Waals surface area contributed by atoms with Crippen molar-refractivity contribution in [2.24, 2.45) is 11.8 Å². The Hall–Kier alpha value is -4.21. The van der Waals surface area contributed by atoms with Gasteiger partial charge in [0.25, 0.3) is 0 Å². The van der Waals surface area contributed by atoms with Gasteiger partial charge in [-0.05, 0) is 31.4 Å². The summed E-state index contributed by atoms with van der Waals surface area (Å²) in [4.78, 5) is 48.7. The average Bonchev–Trinajstić information content (AvgIpc) is 3.40. The third-order valence-electron chi connectivity index (χ3n) is 7.56. The zero-order chi connectivity index (χ0) is 29.4. The molecule has 4 rings (SSSR count). The fourth-order valence-electron chi connectivity index (χ4n) is 5.37. The Labute approximate surface area is 240 Å². The van der Waals surface area contributed by atoms with Crippen LogP contribution in [0.1, 0.15) is 51.9 Å². The summed E-state index contributed by atoms with van der Waals surface area (Å²) in [7, 11) is 3.32. The smallest absolute Gasteiger partial charge is 0.411 e. The molecule has 0 radical (unpaired) electrons. The summed E-state index contributed by atoms with van der Waals surface area (Å²) in [6.45, 7) is 2.73. The lowest BCUT2D eigenvalue weighted by Crippen LogP contribution is -2.42. The van der Waals surface area contributed by atoms with Crippen LogP contribution < -0.4 is 14.8 Å². The number of carbonyl (C=O) groups is 3. The van der Waals surface area contributed by atoms with Crippen molar-refractivity contribution in [2.45, 2.75) is 58.0 Å². The standard InChI is InChI=1S/C31H38N4O6/c1-4-5-6-7-11-16-35(2)30(37)25-18-22(17-24(25)28(36)34-31(38)39)41-29-23-15-14-21(40-3)19-26(23)32-27(33-29)20-12-9-8-10-13-20/h8-10,12-15,19,22,24-25H,4-7,11,16-18H2,1-3H3,(H,34,36)(H,38,39)/t22-,24?,25-/m1/s1. The van der Waals surface area contributed by atoms with Crippen molar-refractivity contribution in [1.82, 2.24) is 20.2 Å². The molecule has 10 nitrogen and oxygen atoms in total. The molecule has 2 aromatic carbocycles. The van der Waals surface area contributed by atoms with Gasteiger partial charge in [0.1, 0.15) is 11.9 Å². The molecule has 41 heavy (non-hydrogen) atoms. The van der Waals surface area contributed by atoms with Gasteiger partial charge in [0.15, 0.2) is 5.82 Å². The molecular formula is C31H38N4O6. The van der Waals surface area contributed by atoms with Crippen LogP contribution in [0.2, 0.25) is 0 Å². The zero-order valence-electron chi connectivity index (χ0n) is 23.8. The number of hydrogen-bond donors (Lipinski definition) is 2. The van der Waals surface area contributed by atoms with Crippen molar-refractivity contribution in [3.63, 3.8) is 0 Å². The zero-order valence-corrected chi connectivity index (χ0v) is 23.8. The highest BCUT2D eigenvalue weighted by molar-refractivity contribution is 5.95. The second-order valence-electron chi connectivity index (χ2n) is 10.5. The van der Waals surface area contributed by atoms with Crippen LogP contribution >= 0.6 is 0 Å². The lowest BCUT2D eigenvalue weighted by molar-refractivity contribution is -0.139. The molecule has 1 aliphatic carbocycles. The first-order valence-corrected chi connectivity index (χ1v) is 14.2. The summed E-state index contributed by atoms with van der Waals surface area (Å²) in [5.41, 5.74) is 1.43. The fourth-order valence-corrected chi connectivity index (χ4v) is 5.37. The van der Waals surface area contributed by atoms with Gasteiger partial charge in [0.2, 0.25) is 17.7 Å². The molecule has 2 N–H and O–H groups in total. The molecule has 1 fully saturated rings. The third-order valence-corrected chi connectivity index (χ3v) is 7.56. The number of nitrogens with one attached hydrogen (secondary N) is 1. The molecule has 0 aliphatic heterocycles. The molecule has 218 valence electrons. The molecule has 1 aromatic heterocycles. The minimum atomic E-state index is -1.45. The first-order valence-electron chi connectivity index (χ1n) is 14.2. The number of carboxylic acid groups (broad SMARTS) is 1. The summed E-state index contributed by atoms with van der Waals surface area (Å²) in [6, 6.07) is 14.9. The number of amides is 3. The molecule has 0 bridgehead atoms. The molecule has 0 saturated heterocycles. The minimum Gasteiger partial charge on any atom is -0.497 e. The molecule has 1 aliphatic rings. The topological polar surface area (TPSA) is 131 Å². The van der Waals surface area contributed by atoms with Crippen molar-refractivity contribution in [2.75, 3.05) is 20.7 Å². The highest BCUT2D eigenvalue weighted by atomic mass is 16.5. The van der Waals surface area contributed by atoms with Crippen LogP contribution in [0.3, 0.4) is 0 Å². The Balaban J connectivity index is 1.59. The number of aromatic nitrogens is 2. The number of benzene rings is 2. The number of ether oxygens (including phenoxy) is 2. The molecule has 1 saturated carbocycles. The molecule has 3 atom stereocenters. The van der Waals surface area contributed by atoms with Crippen LogP contribution in [-0.2, 0) is 9.59 Å². The Morgan fingerprint density at radius 2 is 1.73 bits per heavy atom. The Bertz CT molecular complexity index is 1370. The second-order valence-corrected chi connectivity index (χ2v) is 10.5. The van der Waals surface area contributed by atoms with Gasteiger partial charge in [0.05, 0.1) is 29.8 Å². The van der Waals surface area contributed by atoms with Crippen molar-refractivity contribution in [3.05, 3.63) is 48.5 Å². The van der Waals surface area contributed by atoms with Crippen molar-refractivity contribution < 1.29 is 29.0 Å². The van der Waals surface area contributed by atoms with Gasteiger partial charge in [-0.25, -0.2) is 9.78 Å². The van der Waals surface area contributed by atoms with Crippen LogP contribution in [-0.4, -0.2) is 64.7 Å². The molecule has 10 heteroatoms. The maximum absolute atomic E-state index is 13.5. The van der Waals surface area contributed by atoms with E-state index in [9.17, 15) is 19.5 Å². The number of fused-ring (bicyclic) bond motifs is 1. The largest absolute Gasteiger partial charge is 0.497 e. The first kappa shape index (κ1) is 29.8. The van der Waals surface area contributed by atoms with Gasteiger partial charge >= 0.3 is 6.09 Å². The van der Waals surface area contributed by atoms with Crippen LogP contribution in [0.5, 0.6) is 11.6 Å². The Morgan fingerprint density at radius 1 is 1.00 bits per heavy atom. The quantitative estimate of drug-likeness (QED) is 0.284. The van der Waals surface area contributed by atoms with Crippen LogP contribution in [0, 0.1) is 11.8 Å². The van der Waals surface area contributed by atoms with Gasteiger partial charge in [-0.15, -0.1) is 0 Å². The third kappa shape index (κ3) is 7.50. The molecule has 1 heterocycles. The van der Waals surface area contributed by atoms with E-state index in [0.717, 1.165) is 37.7 Å². The Kier molecular flexibility index (Phi) is 10.1. The second kappa shape index (κ2) is 13.9. The van der Waals surface area contributed by atoms with Gasteiger partial charge < -0.3 is 19.5 Å². The number of methoxy groups -OCH3 is 1. The number of hydrogen-bond acceptors (Lipinski definition) is 7. The monoisotopic (exact) mass is 562 g/mol. The lowest BCUT2D eigenvalue weighted by Gasteiger charge is -2.24. The van der Waals surface area contributed by atoms with E-state index in [1.165, 1.54) is 0 Å². The summed E-state index contributed by atoms with van der Waals surface area (Å²) >= 11 is 0. The van der Waals surface area contributed by atoms with E-state index >= 15 is 0 Å². The van der Waals surface area contributed by atoms with Crippen molar-refractivity contribution in [3.8, 4) is 23.0 Å². The summed E-state index contributed by atoms with van der Waals surface area (Å²) in [6.07, 6.45) is 3.79. The number of nitrogens with zero attached hydrogens (tertiary/aromatic N) is 3. The molecule has 1 unspecified atom stereocenters. The van der Waals surface area contributed by atoms with Gasteiger partial charge in [-0.2, -0.15) is 4.98 Å². The summed E-state index contributed by atoms with van der Waals surface area (Å²) < 4.78 is 11.8. The van der Waals surface area contributed by atoms with Crippen LogP contribution in [0.15, 0.2) is 48.5 Å². The number of unbranched alkanes of at least 4 members (excludes halogenated alkanes) is 4. The Morgan fingerprint density at radius 3 is 2.44 bits per heavy atom. The minimum absolute atomic E-state index is 0.181. The van der Waals surface area contributed by atoms with E-state index in [1.54, 1.807) is 31.2 Å². The van der Waals surface area contributed by atoms with Crippen LogP contribution in [0.4, 0.5) is 4.79 Å². The van der Waals surface area contributed by atoms with Gasteiger partial charge in [-0.1, -0.05) is 62.9 Å². The summed E-state index contributed by atoms with van der Waals surface area (Å²) in [5, 5.41) is 11.8. The predicted octanol–water partition coefficient (Wildman–Crippen LogP) is 5.30. The highest BCUT2D eigenvalue weighted by Gasteiger charge is 2.45. The van der Waals surface area contributed by atoms with E-state index in [2.05, 4.69) is 6.92 Å². The van der Waals surface area contributed by atoms with E-state index in [-0.39, 0.29) is 18.7 Å². The van der Waals surface area contributed by atoms with E-state index in [4.69, 9.17) is 19.4 Å². The van der Waals surface area contributed by atoms with Gasteiger partial charge in [-0.3, -0.25) is 14.9 Å². The number of carbonyl (C=O) groups excluding carboxylic acids is 2. The predicted molar refractivity (Wildman–Crippen MR) is 155 cm³/mol. The molecule has 3 aromatic rings. The first-order chi connectivity index (χ1) is 19.8. The molecule has 0 spiro atoms. The van der Waals surface area contributed by atoms with E-state index in [1.807, 2.05) is 41.7 Å².